The van der Waals surface area contributed by atoms with Crippen LogP contribution in [0.1, 0.15) is 26.7 Å². The van der Waals surface area contributed by atoms with Gasteiger partial charge >= 0.3 is 0 Å². The minimum Gasteiger partial charge on any atom is -0.383 e. The Morgan fingerprint density at radius 3 is 2.58 bits per heavy atom. The van der Waals surface area contributed by atoms with Gasteiger partial charge in [-0.2, -0.15) is 0 Å². The van der Waals surface area contributed by atoms with E-state index >= 15 is 0 Å². The molecule has 152 valence electrons. The topological polar surface area (TPSA) is 61.4 Å². The van der Waals surface area contributed by atoms with Crippen LogP contribution in [0.4, 0.5) is 0 Å². The minimum absolute atomic E-state index is 0.457. The second kappa shape index (κ2) is 12.5. The van der Waals surface area contributed by atoms with Gasteiger partial charge in [-0.05, 0) is 45.7 Å². The molecule has 0 aromatic heterocycles. The molecule has 2 heterocycles. The van der Waals surface area contributed by atoms with E-state index < -0.39 is 0 Å². The highest BCUT2D eigenvalue weighted by Gasteiger charge is 2.19. The molecule has 0 aromatic rings. The van der Waals surface area contributed by atoms with Crippen molar-refractivity contribution in [2.75, 3.05) is 79.3 Å². The van der Waals surface area contributed by atoms with Crippen LogP contribution in [-0.4, -0.2) is 101 Å². The molecule has 2 N–H and O–H groups in total. The maximum Gasteiger partial charge on any atom is 0.191 e. The number of hydrogen-bond acceptors (Lipinski definition) is 5. The Morgan fingerprint density at radius 1 is 1.19 bits per heavy atom. The molecule has 2 aliphatic heterocycles. The molecule has 0 aromatic carbocycles. The predicted octanol–water partition coefficient (Wildman–Crippen LogP) is 0.621. The number of piperidine rings is 1. The van der Waals surface area contributed by atoms with Gasteiger partial charge in [0, 0.05) is 45.9 Å². The number of methoxy groups -OCH3 is 1. The monoisotopic (exact) mass is 369 g/mol. The van der Waals surface area contributed by atoms with Crippen molar-refractivity contribution in [2.45, 2.75) is 32.7 Å². The van der Waals surface area contributed by atoms with E-state index in [9.17, 15) is 0 Å². The first-order chi connectivity index (χ1) is 12.7. The van der Waals surface area contributed by atoms with Crippen LogP contribution >= 0.6 is 0 Å². The molecule has 0 amide bonds. The lowest BCUT2D eigenvalue weighted by atomic mass is 9.97. The second-order valence-electron chi connectivity index (χ2n) is 7.38. The number of nitrogens with one attached hydrogen (secondary N) is 2. The van der Waals surface area contributed by atoms with Gasteiger partial charge in [0.05, 0.1) is 26.4 Å². The van der Waals surface area contributed by atoms with Gasteiger partial charge in [-0.25, -0.2) is 0 Å². The fraction of sp³-hybridized carbons (Fsp3) is 0.947. The SMILES string of the molecule is CCNC(=NCC(C)N1CCOCC1)NCC1CCN(CCOC)CC1. The Kier molecular flexibility index (Phi) is 10.3. The molecule has 2 saturated heterocycles. The zero-order valence-corrected chi connectivity index (χ0v) is 17.0. The van der Waals surface area contributed by atoms with Gasteiger partial charge in [-0.15, -0.1) is 0 Å². The van der Waals surface area contributed by atoms with Gasteiger partial charge in [0.15, 0.2) is 5.96 Å². The van der Waals surface area contributed by atoms with E-state index in [2.05, 4.69) is 34.3 Å². The molecule has 7 heteroatoms. The molecule has 2 rings (SSSR count). The van der Waals surface area contributed by atoms with E-state index in [1.807, 2.05) is 0 Å². The lowest BCUT2D eigenvalue weighted by Gasteiger charge is -2.32. The number of hydrogen-bond donors (Lipinski definition) is 2. The van der Waals surface area contributed by atoms with Crippen LogP contribution in [0.25, 0.3) is 0 Å². The number of aliphatic imine (C=N–C) groups is 1. The van der Waals surface area contributed by atoms with E-state index in [4.69, 9.17) is 14.5 Å². The van der Waals surface area contributed by atoms with E-state index in [-0.39, 0.29) is 0 Å². The van der Waals surface area contributed by atoms with Crippen molar-refractivity contribution < 1.29 is 9.47 Å². The standard InChI is InChI=1S/C19H39N5O2/c1-4-20-19(21-15-17(2)24-10-13-26-14-11-24)22-16-18-5-7-23(8-6-18)9-12-25-3/h17-18H,4-16H2,1-3H3,(H2,20,21,22). The number of likely N-dealkylation sites (tertiary alicyclic amines) is 1. The number of rotatable bonds is 9. The van der Waals surface area contributed by atoms with E-state index in [0.29, 0.717) is 6.04 Å². The summed E-state index contributed by atoms with van der Waals surface area (Å²) in [5.41, 5.74) is 0. The summed E-state index contributed by atoms with van der Waals surface area (Å²) in [5, 5.41) is 6.95. The molecule has 2 aliphatic rings. The summed E-state index contributed by atoms with van der Waals surface area (Å²) in [6, 6.07) is 0.457. The molecule has 2 fully saturated rings. The van der Waals surface area contributed by atoms with Crippen molar-refractivity contribution in [3.63, 3.8) is 0 Å². The summed E-state index contributed by atoms with van der Waals surface area (Å²) in [7, 11) is 1.78. The highest BCUT2D eigenvalue weighted by atomic mass is 16.5. The van der Waals surface area contributed by atoms with Gasteiger partial charge < -0.3 is 25.0 Å². The second-order valence-corrected chi connectivity index (χ2v) is 7.38. The fourth-order valence-corrected chi connectivity index (χ4v) is 3.57. The van der Waals surface area contributed by atoms with Gasteiger partial charge in [-0.3, -0.25) is 9.89 Å². The first-order valence-corrected chi connectivity index (χ1v) is 10.3. The van der Waals surface area contributed by atoms with Crippen LogP contribution in [0.5, 0.6) is 0 Å². The Bertz CT molecular complexity index is 393. The van der Waals surface area contributed by atoms with Gasteiger partial charge in [-0.1, -0.05) is 0 Å². The molecular weight excluding hydrogens is 330 g/mol. The summed E-state index contributed by atoms with van der Waals surface area (Å²) in [6.07, 6.45) is 2.50. The van der Waals surface area contributed by atoms with E-state index in [1.165, 1.54) is 25.9 Å². The summed E-state index contributed by atoms with van der Waals surface area (Å²) in [4.78, 5) is 9.78. The third-order valence-electron chi connectivity index (χ3n) is 5.40. The fourth-order valence-electron chi connectivity index (χ4n) is 3.57. The molecule has 26 heavy (non-hydrogen) atoms. The van der Waals surface area contributed by atoms with Crippen molar-refractivity contribution >= 4 is 5.96 Å². The van der Waals surface area contributed by atoms with Gasteiger partial charge in [0.25, 0.3) is 0 Å². The van der Waals surface area contributed by atoms with E-state index in [0.717, 1.165) is 71.0 Å². The van der Waals surface area contributed by atoms with E-state index in [1.54, 1.807) is 7.11 Å². The number of nitrogens with zero attached hydrogens (tertiary/aromatic N) is 3. The first-order valence-electron chi connectivity index (χ1n) is 10.3. The maximum absolute atomic E-state index is 5.44. The highest BCUT2D eigenvalue weighted by molar-refractivity contribution is 5.79. The third-order valence-corrected chi connectivity index (χ3v) is 5.40. The predicted molar refractivity (Wildman–Crippen MR) is 107 cm³/mol. The summed E-state index contributed by atoms with van der Waals surface area (Å²) in [5.74, 6) is 1.68. The molecule has 0 spiro atoms. The van der Waals surface area contributed by atoms with Crippen LogP contribution in [0, 0.1) is 5.92 Å². The summed E-state index contributed by atoms with van der Waals surface area (Å²) < 4.78 is 10.6. The average Bonchev–Trinajstić information content (AvgIpc) is 2.69. The molecular formula is C19H39N5O2. The lowest BCUT2D eigenvalue weighted by Crippen LogP contribution is -2.45. The first kappa shape index (κ1) is 21.4. The number of guanidine groups is 1. The minimum atomic E-state index is 0.457. The van der Waals surface area contributed by atoms with Crippen LogP contribution in [0.15, 0.2) is 4.99 Å². The summed E-state index contributed by atoms with van der Waals surface area (Å²) >= 11 is 0. The Balaban J connectivity index is 1.70. The van der Waals surface area contributed by atoms with Crippen LogP contribution in [-0.2, 0) is 9.47 Å². The Labute approximate surface area is 159 Å². The molecule has 1 unspecified atom stereocenters. The van der Waals surface area contributed by atoms with Crippen molar-refractivity contribution in [2.24, 2.45) is 10.9 Å². The summed E-state index contributed by atoms with van der Waals surface area (Å²) in [6.45, 7) is 15.1. The number of morpholine rings is 1. The van der Waals surface area contributed by atoms with Crippen LogP contribution in [0.3, 0.4) is 0 Å². The van der Waals surface area contributed by atoms with Crippen LogP contribution < -0.4 is 10.6 Å². The van der Waals surface area contributed by atoms with Crippen molar-refractivity contribution in [1.82, 2.24) is 20.4 Å². The zero-order chi connectivity index (χ0) is 18.6. The lowest BCUT2D eigenvalue weighted by molar-refractivity contribution is 0.0220. The quantitative estimate of drug-likeness (QED) is 0.459. The van der Waals surface area contributed by atoms with Crippen molar-refractivity contribution in [3.05, 3.63) is 0 Å². The molecule has 0 bridgehead atoms. The third kappa shape index (κ3) is 7.78. The normalized spacial score (nSPS) is 22.3. The molecule has 7 nitrogen and oxygen atoms in total. The van der Waals surface area contributed by atoms with Gasteiger partial charge in [0.2, 0.25) is 0 Å². The van der Waals surface area contributed by atoms with Crippen molar-refractivity contribution in [1.29, 1.82) is 0 Å². The van der Waals surface area contributed by atoms with Crippen molar-refractivity contribution in [3.8, 4) is 0 Å². The molecule has 0 radical (unpaired) electrons. The highest BCUT2D eigenvalue weighted by Crippen LogP contribution is 2.16. The molecule has 0 aliphatic carbocycles. The molecule has 1 atom stereocenters. The number of ether oxygens (including phenoxy) is 2. The smallest absolute Gasteiger partial charge is 0.191 e. The zero-order valence-electron chi connectivity index (χ0n) is 17.0. The largest absolute Gasteiger partial charge is 0.383 e. The molecule has 0 saturated carbocycles. The van der Waals surface area contributed by atoms with Crippen LogP contribution in [0.2, 0.25) is 0 Å². The Morgan fingerprint density at radius 2 is 1.92 bits per heavy atom. The van der Waals surface area contributed by atoms with Gasteiger partial charge in [0.1, 0.15) is 0 Å². The average molecular weight is 370 g/mol. The Hall–Kier alpha value is -0.890. The maximum atomic E-state index is 5.44.